The molecular weight excluding hydrogens is 166 g/mol. The molecule has 54 valence electrons. The number of ether oxygens (including phenoxy) is 1. The van der Waals surface area contributed by atoms with Crippen LogP contribution in [-0.4, -0.2) is 22.0 Å². The van der Waals surface area contributed by atoms with Crippen molar-refractivity contribution in [1.82, 2.24) is 4.72 Å². The van der Waals surface area contributed by atoms with Crippen LogP contribution in [0.2, 0.25) is 0 Å². The Labute approximate surface area is 57.0 Å². The van der Waals surface area contributed by atoms with E-state index in [4.69, 9.17) is 4.55 Å². The quantitative estimate of drug-likeness (QED) is 0.555. The molecule has 1 unspecified atom stereocenters. The highest BCUT2D eigenvalue weighted by atomic mass is 32.8. The van der Waals surface area contributed by atoms with Crippen molar-refractivity contribution in [1.29, 1.82) is 0 Å². The molecule has 0 saturated heterocycles. The Kier molecular flexibility index (Phi) is 2.82. The fourth-order valence-electron chi connectivity index (χ4n) is 0.147. The van der Waals surface area contributed by atoms with E-state index in [0.29, 0.717) is 0 Å². The van der Waals surface area contributed by atoms with E-state index in [0.717, 1.165) is 7.11 Å². The lowest BCUT2D eigenvalue weighted by atomic mass is 11.2. The molecule has 0 bridgehead atoms. The lowest BCUT2D eigenvalue weighted by Crippen LogP contribution is -2.28. The summed E-state index contributed by atoms with van der Waals surface area (Å²) < 4.78 is 23.8. The van der Waals surface area contributed by atoms with Crippen LogP contribution in [0, 0.1) is 0 Å². The normalized spacial score (nSPS) is 15.8. The maximum absolute atomic E-state index is 10.1. The fourth-order valence-corrected chi connectivity index (χ4v) is 0.645. The number of carbonyl (C=O) groups is 1. The standard InChI is InChI=1S/C2H5NO4S2/c1-7-2(4)3-9(5,6)8/h1H3,(H,3,4)(H,5,6,8). The molecule has 0 heterocycles. The van der Waals surface area contributed by atoms with Crippen LogP contribution in [0.3, 0.4) is 0 Å². The molecule has 9 heavy (non-hydrogen) atoms. The van der Waals surface area contributed by atoms with E-state index < -0.39 is 15.1 Å². The molecule has 5 nitrogen and oxygen atoms in total. The average molecular weight is 171 g/mol. The van der Waals surface area contributed by atoms with Crippen molar-refractivity contribution in [2.45, 2.75) is 0 Å². The smallest absolute Gasteiger partial charge is 0.420 e. The fraction of sp³-hybridized carbons (Fsp3) is 0.500. The number of hydrogen-bond acceptors (Lipinski definition) is 4. The van der Waals surface area contributed by atoms with Gasteiger partial charge in [0, 0.05) is 11.2 Å². The van der Waals surface area contributed by atoms with Crippen LogP contribution in [-0.2, 0) is 24.9 Å². The third-order valence-electron chi connectivity index (χ3n) is 0.398. The molecule has 0 aromatic carbocycles. The van der Waals surface area contributed by atoms with Gasteiger partial charge in [-0.2, -0.15) is 0 Å². The van der Waals surface area contributed by atoms with Gasteiger partial charge in [-0.15, -0.1) is 0 Å². The number of hydrogen-bond donors (Lipinski definition) is 2. The number of nitrogens with one attached hydrogen (secondary N) is 1. The van der Waals surface area contributed by atoms with Gasteiger partial charge in [-0.05, 0) is 0 Å². The molecule has 0 fully saturated rings. The Morgan fingerprint density at radius 2 is 2.33 bits per heavy atom. The Bertz CT molecular complexity index is 195. The first kappa shape index (κ1) is 8.60. The lowest BCUT2D eigenvalue weighted by Gasteiger charge is -1.98. The highest BCUT2D eigenvalue weighted by Gasteiger charge is 2.04. The summed E-state index contributed by atoms with van der Waals surface area (Å²) in [4.78, 5) is 10.1. The SMILES string of the molecule is COC(=O)NS(=O)(O)=S. The molecule has 2 N–H and O–H groups in total. The Morgan fingerprint density at radius 3 is 2.44 bits per heavy atom. The van der Waals surface area contributed by atoms with E-state index in [1.54, 1.807) is 0 Å². The highest BCUT2D eigenvalue weighted by Crippen LogP contribution is 1.76. The number of methoxy groups -OCH3 is 1. The number of rotatable bonds is 1. The number of carbonyl (C=O) groups excluding carboxylic acids is 1. The van der Waals surface area contributed by atoms with Gasteiger partial charge in [0.05, 0.1) is 7.11 Å². The van der Waals surface area contributed by atoms with Crippen LogP contribution in [0.15, 0.2) is 0 Å². The summed E-state index contributed by atoms with van der Waals surface area (Å²) in [5, 5.41) is 0. The van der Waals surface area contributed by atoms with E-state index in [-0.39, 0.29) is 0 Å². The molecular formula is C2H5NO4S2. The largest absolute Gasteiger partial charge is 0.452 e. The van der Waals surface area contributed by atoms with Gasteiger partial charge < -0.3 is 4.74 Å². The Hall–Kier alpha value is -0.400. The van der Waals surface area contributed by atoms with Gasteiger partial charge in [-0.25, -0.2) is 13.7 Å². The summed E-state index contributed by atoms with van der Waals surface area (Å²) in [5.41, 5.74) is 0. The maximum Gasteiger partial charge on any atom is 0.420 e. The van der Waals surface area contributed by atoms with Gasteiger partial charge in [0.2, 0.25) is 8.96 Å². The molecule has 0 aromatic rings. The van der Waals surface area contributed by atoms with E-state index in [1.165, 1.54) is 4.72 Å². The molecule has 1 amide bonds. The molecule has 0 saturated carbocycles. The molecule has 0 aromatic heterocycles. The van der Waals surface area contributed by atoms with Crippen molar-refractivity contribution in [2.75, 3.05) is 7.11 Å². The average Bonchev–Trinajstić information content (AvgIpc) is 1.62. The molecule has 0 radical (unpaired) electrons. The second-order valence-corrected chi connectivity index (χ2v) is 3.58. The van der Waals surface area contributed by atoms with Crippen LogP contribution in [0.4, 0.5) is 4.79 Å². The summed E-state index contributed by atoms with van der Waals surface area (Å²) in [7, 11) is -2.56. The first-order valence-electron chi connectivity index (χ1n) is 1.79. The van der Waals surface area contributed by atoms with Crippen LogP contribution < -0.4 is 4.72 Å². The molecule has 0 aliphatic rings. The second-order valence-electron chi connectivity index (χ2n) is 1.07. The second kappa shape index (κ2) is 2.95. The Morgan fingerprint density at radius 1 is 1.89 bits per heavy atom. The van der Waals surface area contributed by atoms with Crippen molar-refractivity contribution in [3.63, 3.8) is 0 Å². The van der Waals surface area contributed by atoms with Crippen molar-refractivity contribution in [3.05, 3.63) is 0 Å². The van der Waals surface area contributed by atoms with Crippen molar-refractivity contribution >= 4 is 26.2 Å². The minimum Gasteiger partial charge on any atom is -0.452 e. The summed E-state index contributed by atoms with van der Waals surface area (Å²) in [6.07, 6.45) is -1.02. The summed E-state index contributed by atoms with van der Waals surface area (Å²) in [6, 6.07) is 0. The number of amides is 1. The third-order valence-corrected chi connectivity index (χ3v) is 1.07. The van der Waals surface area contributed by atoms with Crippen LogP contribution in [0.5, 0.6) is 0 Å². The van der Waals surface area contributed by atoms with E-state index in [9.17, 15) is 9.00 Å². The van der Waals surface area contributed by atoms with Crippen LogP contribution in [0.25, 0.3) is 0 Å². The van der Waals surface area contributed by atoms with Gasteiger partial charge in [-0.1, -0.05) is 0 Å². The predicted octanol–water partition coefficient (Wildman–Crippen LogP) is -0.523. The van der Waals surface area contributed by atoms with E-state index in [2.05, 4.69) is 15.9 Å². The van der Waals surface area contributed by atoms with E-state index >= 15 is 0 Å². The monoisotopic (exact) mass is 171 g/mol. The van der Waals surface area contributed by atoms with Crippen molar-refractivity contribution in [3.8, 4) is 0 Å². The molecule has 0 aliphatic carbocycles. The molecule has 0 rings (SSSR count). The van der Waals surface area contributed by atoms with Gasteiger partial charge in [-0.3, -0.25) is 4.55 Å². The highest BCUT2D eigenvalue weighted by molar-refractivity contribution is 8.28. The summed E-state index contributed by atoms with van der Waals surface area (Å²) >= 11 is 3.90. The first-order chi connectivity index (χ1) is 3.95. The zero-order chi connectivity index (χ0) is 7.49. The molecule has 0 spiro atoms. The summed E-state index contributed by atoms with van der Waals surface area (Å²) in [5.74, 6) is 0. The zero-order valence-electron chi connectivity index (χ0n) is 4.49. The van der Waals surface area contributed by atoms with Gasteiger partial charge in [0.1, 0.15) is 0 Å². The molecule has 0 aliphatic heterocycles. The van der Waals surface area contributed by atoms with Gasteiger partial charge >= 0.3 is 6.09 Å². The Balaban J connectivity index is 3.91. The van der Waals surface area contributed by atoms with Crippen molar-refractivity contribution < 1.29 is 18.3 Å². The lowest BCUT2D eigenvalue weighted by molar-refractivity contribution is 0.177. The van der Waals surface area contributed by atoms with Gasteiger partial charge in [0.15, 0.2) is 0 Å². The van der Waals surface area contributed by atoms with Crippen LogP contribution in [0.1, 0.15) is 0 Å². The summed E-state index contributed by atoms with van der Waals surface area (Å²) in [6.45, 7) is 0. The zero-order valence-corrected chi connectivity index (χ0v) is 6.12. The molecule has 1 atom stereocenters. The predicted molar refractivity (Wildman–Crippen MR) is 33.7 cm³/mol. The van der Waals surface area contributed by atoms with Crippen LogP contribution >= 0.6 is 0 Å². The first-order valence-corrected chi connectivity index (χ1v) is 4.23. The van der Waals surface area contributed by atoms with Crippen molar-refractivity contribution in [2.24, 2.45) is 0 Å². The van der Waals surface area contributed by atoms with Gasteiger partial charge in [0.25, 0.3) is 0 Å². The minimum absolute atomic E-state index is 1.02. The third kappa shape index (κ3) is 5.47. The minimum atomic E-state index is -3.63. The topological polar surface area (TPSA) is 75.6 Å². The molecule has 7 heteroatoms. The van der Waals surface area contributed by atoms with E-state index in [1.807, 2.05) is 0 Å². The maximum atomic E-state index is 10.1.